The highest BCUT2D eigenvalue weighted by molar-refractivity contribution is 9.10. The summed E-state index contributed by atoms with van der Waals surface area (Å²) >= 11 is 3.34. The number of carbonyl (C=O) groups is 1. The predicted octanol–water partition coefficient (Wildman–Crippen LogP) is 3.33. The van der Waals surface area contributed by atoms with E-state index in [0.29, 0.717) is 22.9 Å². The molecular formula is C20H18BrN3O4. The van der Waals surface area contributed by atoms with Gasteiger partial charge in [-0.15, -0.1) is 0 Å². The zero-order valence-corrected chi connectivity index (χ0v) is 16.9. The van der Waals surface area contributed by atoms with E-state index in [0.717, 1.165) is 14.7 Å². The number of rotatable bonds is 6. The van der Waals surface area contributed by atoms with Crippen LogP contribution in [0.4, 0.5) is 5.69 Å². The van der Waals surface area contributed by atoms with Crippen molar-refractivity contribution in [2.45, 2.75) is 6.54 Å². The summed E-state index contributed by atoms with van der Waals surface area (Å²) in [7, 11) is 3.10. The Morgan fingerprint density at radius 3 is 2.43 bits per heavy atom. The first kappa shape index (κ1) is 19.6. The van der Waals surface area contributed by atoms with Gasteiger partial charge in [0.1, 0.15) is 6.54 Å². The maximum Gasteiger partial charge on any atom is 0.267 e. The minimum absolute atomic E-state index is 0.198. The van der Waals surface area contributed by atoms with Crippen molar-refractivity contribution in [3.63, 3.8) is 0 Å². The van der Waals surface area contributed by atoms with Gasteiger partial charge in [-0.2, -0.15) is 5.10 Å². The van der Waals surface area contributed by atoms with Gasteiger partial charge in [0, 0.05) is 21.8 Å². The van der Waals surface area contributed by atoms with Gasteiger partial charge in [-0.3, -0.25) is 9.59 Å². The quantitative estimate of drug-likeness (QED) is 0.631. The zero-order chi connectivity index (χ0) is 20.1. The number of hydrogen-bond donors (Lipinski definition) is 1. The molecule has 0 aliphatic rings. The highest BCUT2D eigenvalue weighted by Gasteiger charge is 2.11. The first-order valence-corrected chi connectivity index (χ1v) is 9.15. The second-order valence-corrected chi connectivity index (χ2v) is 6.75. The number of anilines is 1. The maximum absolute atomic E-state index is 12.3. The SMILES string of the molecule is COc1ccc(-c2ccc(=O)n(CC(=O)Nc3ccc(Br)cc3)n2)cc1OC. The van der Waals surface area contributed by atoms with E-state index in [2.05, 4.69) is 26.3 Å². The van der Waals surface area contributed by atoms with E-state index >= 15 is 0 Å². The lowest BCUT2D eigenvalue weighted by molar-refractivity contribution is -0.117. The third kappa shape index (κ3) is 4.58. The van der Waals surface area contributed by atoms with E-state index in [1.54, 1.807) is 50.6 Å². The second-order valence-electron chi connectivity index (χ2n) is 5.84. The molecule has 144 valence electrons. The van der Waals surface area contributed by atoms with Crippen LogP contribution in [0.15, 0.2) is 63.9 Å². The van der Waals surface area contributed by atoms with Crippen LogP contribution in [0.3, 0.4) is 0 Å². The van der Waals surface area contributed by atoms with E-state index in [1.165, 1.54) is 6.07 Å². The molecule has 3 aromatic rings. The molecule has 1 amide bonds. The molecule has 3 rings (SSSR count). The van der Waals surface area contributed by atoms with Gasteiger partial charge in [-0.1, -0.05) is 15.9 Å². The van der Waals surface area contributed by atoms with Gasteiger partial charge in [-0.05, 0) is 48.5 Å². The Bertz CT molecular complexity index is 1050. The van der Waals surface area contributed by atoms with Crippen LogP contribution in [0, 0.1) is 0 Å². The van der Waals surface area contributed by atoms with Crippen molar-refractivity contribution in [2.24, 2.45) is 0 Å². The number of nitrogens with zero attached hydrogens (tertiary/aromatic N) is 2. The minimum Gasteiger partial charge on any atom is -0.493 e. The number of ether oxygens (including phenoxy) is 2. The molecule has 0 aliphatic heterocycles. The van der Waals surface area contributed by atoms with Gasteiger partial charge in [-0.25, -0.2) is 4.68 Å². The number of hydrogen-bond acceptors (Lipinski definition) is 5. The van der Waals surface area contributed by atoms with Gasteiger partial charge in [0.2, 0.25) is 5.91 Å². The topological polar surface area (TPSA) is 82.5 Å². The molecule has 0 aliphatic carbocycles. The monoisotopic (exact) mass is 443 g/mol. The molecule has 0 radical (unpaired) electrons. The fourth-order valence-corrected chi connectivity index (χ4v) is 2.85. The fraction of sp³-hybridized carbons (Fsp3) is 0.150. The third-order valence-corrected chi connectivity index (χ3v) is 4.50. The van der Waals surface area contributed by atoms with Crippen LogP contribution in [0.5, 0.6) is 11.5 Å². The van der Waals surface area contributed by atoms with Crippen LogP contribution in [0.2, 0.25) is 0 Å². The van der Waals surface area contributed by atoms with Crippen molar-refractivity contribution in [1.29, 1.82) is 0 Å². The molecule has 7 nitrogen and oxygen atoms in total. The molecular weight excluding hydrogens is 426 g/mol. The Kier molecular flexibility index (Phi) is 6.10. The van der Waals surface area contributed by atoms with Crippen LogP contribution in [-0.2, 0) is 11.3 Å². The summed E-state index contributed by atoms with van der Waals surface area (Å²) in [4.78, 5) is 24.4. The number of aromatic nitrogens is 2. The van der Waals surface area contributed by atoms with Crippen molar-refractivity contribution >= 4 is 27.5 Å². The average molecular weight is 444 g/mol. The smallest absolute Gasteiger partial charge is 0.267 e. The minimum atomic E-state index is -0.366. The molecule has 0 atom stereocenters. The van der Waals surface area contributed by atoms with Crippen molar-refractivity contribution in [3.05, 3.63) is 69.4 Å². The van der Waals surface area contributed by atoms with Gasteiger partial charge < -0.3 is 14.8 Å². The average Bonchev–Trinajstić information content (AvgIpc) is 2.70. The summed E-state index contributed by atoms with van der Waals surface area (Å²) in [5.41, 5.74) is 1.55. The molecule has 28 heavy (non-hydrogen) atoms. The summed E-state index contributed by atoms with van der Waals surface area (Å²) in [6.07, 6.45) is 0. The van der Waals surface area contributed by atoms with Crippen LogP contribution in [0.1, 0.15) is 0 Å². The Morgan fingerprint density at radius 2 is 1.75 bits per heavy atom. The molecule has 1 aromatic heterocycles. The van der Waals surface area contributed by atoms with Crippen molar-refractivity contribution < 1.29 is 14.3 Å². The third-order valence-electron chi connectivity index (χ3n) is 3.97. The summed E-state index contributed by atoms with van der Waals surface area (Å²) < 4.78 is 12.6. The van der Waals surface area contributed by atoms with Crippen LogP contribution < -0.4 is 20.3 Å². The molecule has 1 heterocycles. The highest BCUT2D eigenvalue weighted by atomic mass is 79.9. The lowest BCUT2D eigenvalue weighted by Crippen LogP contribution is -2.29. The van der Waals surface area contributed by atoms with Gasteiger partial charge in [0.05, 0.1) is 19.9 Å². The van der Waals surface area contributed by atoms with E-state index in [-0.39, 0.29) is 18.0 Å². The van der Waals surface area contributed by atoms with Gasteiger partial charge in [0.15, 0.2) is 11.5 Å². The Morgan fingerprint density at radius 1 is 1.04 bits per heavy atom. The molecule has 0 saturated heterocycles. The fourth-order valence-electron chi connectivity index (χ4n) is 2.58. The van der Waals surface area contributed by atoms with Crippen molar-refractivity contribution in [2.75, 3.05) is 19.5 Å². The summed E-state index contributed by atoms with van der Waals surface area (Å²) in [6.45, 7) is -0.198. The lowest BCUT2D eigenvalue weighted by atomic mass is 10.1. The predicted molar refractivity (Wildman–Crippen MR) is 110 cm³/mol. The second kappa shape index (κ2) is 8.71. The number of carbonyl (C=O) groups excluding carboxylic acids is 1. The van der Waals surface area contributed by atoms with E-state index < -0.39 is 0 Å². The number of nitrogens with one attached hydrogen (secondary N) is 1. The molecule has 0 fully saturated rings. The molecule has 0 bridgehead atoms. The first-order chi connectivity index (χ1) is 13.5. The molecule has 0 spiro atoms. The van der Waals surface area contributed by atoms with Gasteiger partial charge >= 0.3 is 0 Å². The van der Waals surface area contributed by atoms with E-state index in [4.69, 9.17) is 9.47 Å². The van der Waals surface area contributed by atoms with Crippen molar-refractivity contribution in [1.82, 2.24) is 9.78 Å². The number of methoxy groups -OCH3 is 2. The first-order valence-electron chi connectivity index (χ1n) is 8.36. The van der Waals surface area contributed by atoms with Crippen LogP contribution >= 0.6 is 15.9 Å². The van der Waals surface area contributed by atoms with Crippen LogP contribution in [0.25, 0.3) is 11.3 Å². The summed E-state index contributed by atoms with van der Waals surface area (Å²) in [5, 5.41) is 7.05. The number of amides is 1. The number of halogens is 1. The Labute approximate surface area is 170 Å². The molecule has 0 unspecified atom stereocenters. The van der Waals surface area contributed by atoms with Crippen molar-refractivity contribution in [3.8, 4) is 22.8 Å². The molecule has 2 aromatic carbocycles. The number of benzene rings is 2. The van der Waals surface area contributed by atoms with Gasteiger partial charge in [0.25, 0.3) is 5.56 Å². The highest BCUT2D eigenvalue weighted by Crippen LogP contribution is 2.31. The molecule has 1 N–H and O–H groups in total. The summed E-state index contributed by atoms with van der Waals surface area (Å²) in [6, 6.07) is 15.5. The van der Waals surface area contributed by atoms with E-state index in [1.807, 2.05) is 12.1 Å². The molecule has 0 saturated carbocycles. The Balaban J connectivity index is 1.82. The van der Waals surface area contributed by atoms with Crippen LogP contribution in [-0.4, -0.2) is 29.9 Å². The lowest BCUT2D eigenvalue weighted by Gasteiger charge is -2.11. The zero-order valence-electron chi connectivity index (χ0n) is 15.3. The molecule has 8 heteroatoms. The Hall–Kier alpha value is -3.13. The standard InChI is InChI=1S/C20H18BrN3O4/c1-27-17-9-3-13(11-18(17)28-2)16-8-10-20(26)24(23-16)12-19(25)22-15-6-4-14(21)5-7-15/h3-11H,12H2,1-2H3,(H,22,25). The summed E-state index contributed by atoms with van der Waals surface area (Å²) in [5.74, 6) is 0.794. The largest absolute Gasteiger partial charge is 0.493 e. The maximum atomic E-state index is 12.3. The van der Waals surface area contributed by atoms with E-state index in [9.17, 15) is 9.59 Å². The normalized spacial score (nSPS) is 10.4.